The van der Waals surface area contributed by atoms with E-state index in [0.717, 1.165) is 55.2 Å². The average Bonchev–Trinajstić information content (AvgIpc) is 3.07. The number of piperidine rings is 1. The molecule has 5 nitrogen and oxygen atoms in total. The van der Waals surface area contributed by atoms with Gasteiger partial charge in [0.05, 0.1) is 24.7 Å². The predicted octanol–water partition coefficient (Wildman–Crippen LogP) is 3.30. The number of methoxy groups -OCH3 is 1. The SMILES string of the molecule is COc1ccc(Cn2c(N3CCCC(CO)C3)nc3ccccc32)cc1. The molecule has 1 fully saturated rings. The van der Waals surface area contributed by atoms with Crippen molar-refractivity contribution in [3.05, 3.63) is 54.1 Å². The van der Waals surface area contributed by atoms with E-state index in [1.165, 1.54) is 5.56 Å². The van der Waals surface area contributed by atoms with Crippen molar-refractivity contribution in [2.24, 2.45) is 5.92 Å². The highest BCUT2D eigenvalue weighted by atomic mass is 16.5. The first kappa shape index (κ1) is 16.9. The summed E-state index contributed by atoms with van der Waals surface area (Å²) < 4.78 is 7.56. The van der Waals surface area contributed by atoms with E-state index in [2.05, 4.69) is 39.8 Å². The second-order valence-electron chi connectivity index (χ2n) is 6.97. The number of hydrogen-bond acceptors (Lipinski definition) is 4. The molecule has 0 spiro atoms. The lowest BCUT2D eigenvalue weighted by atomic mass is 9.99. The molecule has 1 aliphatic heterocycles. The Morgan fingerprint density at radius 3 is 2.73 bits per heavy atom. The molecule has 5 heteroatoms. The first-order chi connectivity index (χ1) is 12.8. The molecule has 0 saturated carbocycles. The monoisotopic (exact) mass is 351 g/mol. The molecule has 0 aliphatic carbocycles. The first-order valence-electron chi connectivity index (χ1n) is 9.22. The van der Waals surface area contributed by atoms with Gasteiger partial charge in [-0.25, -0.2) is 4.98 Å². The third-order valence-corrected chi connectivity index (χ3v) is 5.19. The van der Waals surface area contributed by atoms with E-state index in [1.54, 1.807) is 7.11 Å². The van der Waals surface area contributed by atoms with E-state index in [4.69, 9.17) is 9.72 Å². The van der Waals surface area contributed by atoms with Crippen molar-refractivity contribution >= 4 is 17.0 Å². The maximum absolute atomic E-state index is 9.58. The van der Waals surface area contributed by atoms with Crippen LogP contribution in [0.1, 0.15) is 18.4 Å². The van der Waals surface area contributed by atoms with Crippen molar-refractivity contribution in [1.29, 1.82) is 0 Å². The lowest BCUT2D eigenvalue weighted by Gasteiger charge is -2.33. The van der Waals surface area contributed by atoms with E-state index >= 15 is 0 Å². The Hall–Kier alpha value is -2.53. The zero-order valence-corrected chi connectivity index (χ0v) is 15.1. The number of aliphatic hydroxyl groups is 1. The van der Waals surface area contributed by atoms with E-state index in [9.17, 15) is 5.11 Å². The number of ether oxygens (including phenoxy) is 1. The Kier molecular flexibility index (Phi) is 4.80. The Morgan fingerprint density at radius 2 is 1.96 bits per heavy atom. The van der Waals surface area contributed by atoms with Gasteiger partial charge >= 0.3 is 0 Å². The van der Waals surface area contributed by atoms with Gasteiger partial charge in [0.1, 0.15) is 5.75 Å². The molecular weight excluding hydrogens is 326 g/mol. The molecule has 0 amide bonds. The molecule has 0 bridgehead atoms. The van der Waals surface area contributed by atoms with Crippen LogP contribution < -0.4 is 9.64 Å². The highest BCUT2D eigenvalue weighted by Crippen LogP contribution is 2.28. The van der Waals surface area contributed by atoms with Crippen LogP contribution in [0.4, 0.5) is 5.95 Å². The Balaban J connectivity index is 1.71. The van der Waals surface area contributed by atoms with E-state index in [0.29, 0.717) is 5.92 Å². The normalized spacial score (nSPS) is 17.6. The molecular formula is C21H25N3O2. The summed E-state index contributed by atoms with van der Waals surface area (Å²) in [6.45, 7) is 2.86. The summed E-state index contributed by atoms with van der Waals surface area (Å²) in [7, 11) is 1.68. The van der Waals surface area contributed by atoms with Crippen LogP contribution in [-0.4, -0.2) is 41.5 Å². The zero-order chi connectivity index (χ0) is 17.9. The fourth-order valence-corrected chi connectivity index (χ4v) is 3.77. The van der Waals surface area contributed by atoms with E-state index < -0.39 is 0 Å². The summed E-state index contributed by atoms with van der Waals surface area (Å²) in [6.07, 6.45) is 2.18. The maximum atomic E-state index is 9.58. The van der Waals surface area contributed by atoms with Gasteiger partial charge in [-0.1, -0.05) is 24.3 Å². The van der Waals surface area contributed by atoms with Gasteiger partial charge in [-0.05, 0) is 48.6 Å². The highest BCUT2D eigenvalue weighted by Gasteiger charge is 2.24. The molecule has 0 radical (unpaired) electrons. The number of nitrogens with zero attached hydrogens (tertiary/aromatic N) is 3. The number of imidazole rings is 1. The maximum Gasteiger partial charge on any atom is 0.206 e. The largest absolute Gasteiger partial charge is 0.497 e. The molecule has 136 valence electrons. The standard InChI is InChI=1S/C21H25N3O2/c1-26-18-10-8-16(9-11-18)14-24-20-7-3-2-6-19(20)22-21(24)23-12-4-5-17(13-23)15-25/h2-3,6-11,17,25H,4-5,12-15H2,1H3. The van der Waals surface area contributed by atoms with Gasteiger partial charge in [0.15, 0.2) is 0 Å². The minimum atomic E-state index is 0.245. The smallest absolute Gasteiger partial charge is 0.206 e. The number of anilines is 1. The van der Waals surface area contributed by atoms with Crippen LogP contribution in [0.25, 0.3) is 11.0 Å². The lowest BCUT2D eigenvalue weighted by molar-refractivity contribution is 0.208. The number of para-hydroxylation sites is 2. The van der Waals surface area contributed by atoms with Gasteiger partial charge in [0.2, 0.25) is 5.95 Å². The first-order valence-corrected chi connectivity index (χ1v) is 9.22. The second kappa shape index (κ2) is 7.38. The summed E-state index contributed by atoms with van der Waals surface area (Å²) in [4.78, 5) is 7.24. The topological polar surface area (TPSA) is 50.5 Å². The quantitative estimate of drug-likeness (QED) is 0.766. The number of benzene rings is 2. The van der Waals surface area contributed by atoms with Crippen molar-refractivity contribution < 1.29 is 9.84 Å². The minimum Gasteiger partial charge on any atom is -0.497 e. The molecule has 2 heterocycles. The fourth-order valence-electron chi connectivity index (χ4n) is 3.77. The summed E-state index contributed by atoms with van der Waals surface area (Å²) in [5.74, 6) is 2.20. The number of aliphatic hydroxyl groups excluding tert-OH is 1. The van der Waals surface area contributed by atoms with Crippen molar-refractivity contribution in [3.63, 3.8) is 0 Å². The van der Waals surface area contributed by atoms with Crippen LogP contribution in [0.3, 0.4) is 0 Å². The Labute approximate surface area is 153 Å². The van der Waals surface area contributed by atoms with E-state index in [1.807, 2.05) is 18.2 Å². The Morgan fingerprint density at radius 1 is 1.15 bits per heavy atom. The lowest BCUT2D eigenvalue weighted by Crippen LogP contribution is -2.38. The molecule has 1 N–H and O–H groups in total. The summed E-state index contributed by atoms with van der Waals surface area (Å²) in [5, 5.41) is 9.58. The van der Waals surface area contributed by atoms with Crippen LogP contribution >= 0.6 is 0 Å². The summed E-state index contributed by atoms with van der Waals surface area (Å²) in [6, 6.07) is 16.5. The predicted molar refractivity (Wildman–Crippen MR) is 104 cm³/mol. The third-order valence-electron chi connectivity index (χ3n) is 5.19. The molecule has 1 atom stereocenters. The number of rotatable bonds is 5. The molecule has 1 aliphatic rings. The number of aromatic nitrogens is 2. The van der Waals surface area contributed by atoms with Crippen molar-refractivity contribution in [2.75, 3.05) is 31.7 Å². The zero-order valence-electron chi connectivity index (χ0n) is 15.1. The van der Waals surface area contributed by atoms with Gasteiger partial charge in [-0.2, -0.15) is 0 Å². The molecule has 2 aromatic carbocycles. The average molecular weight is 351 g/mol. The van der Waals surface area contributed by atoms with Crippen LogP contribution in [0.5, 0.6) is 5.75 Å². The van der Waals surface area contributed by atoms with Crippen LogP contribution in [0.15, 0.2) is 48.5 Å². The molecule has 4 rings (SSSR count). The number of fused-ring (bicyclic) bond motifs is 1. The number of hydrogen-bond donors (Lipinski definition) is 1. The summed E-state index contributed by atoms with van der Waals surface area (Å²) in [5.41, 5.74) is 3.37. The molecule has 26 heavy (non-hydrogen) atoms. The highest BCUT2D eigenvalue weighted by molar-refractivity contribution is 5.79. The molecule has 1 aromatic heterocycles. The van der Waals surface area contributed by atoms with Gasteiger partial charge in [-0.3, -0.25) is 0 Å². The van der Waals surface area contributed by atoms with Crippen LogP contribution in [0, 0.1) is 5.92 Å². The van der Waals surface area contributed by atoms with Gasteiger partial charge in [0, 0.05) is 19.7 Å². The van der Waals surface area contributed by atoms with Crippen LogP contribution in [-0.2, 0) is 6.54 Å². The van der Waals surface area contributed by atoms with Crippen molar-refractivity contribution in [1.82, 2.24) is 9.55 Å². The van der Waals surface area contributed by atoms with Gasteiger partial charge in [-0.15, -0.1) is 0 Å². The Bertz CT molecular complexity index is 873. The summed E-state index contributed by atoms with van der Waals surface area (Å²) >= 11 is 0. The van der Waals surface area contributed by atoms with Gasteiger partial charge in [0.25, 0.3) is 0 Å². The minimum absolute atomic E-state index is 0.245. The van der Waals surface area contributed by atoms with Gasteiger partial charge < -0.3 is 19.3 Å². The molecule has 1 unspecified atom stereocenters. The van der Waals surface area contributed by atoms with Crippen molar-refractivity contribution in [2.45, 2.75) is 19.4 Å². The second-order valence-corrected chi connectivity index (χ2v) is 6.97. The van der Waals surface area contributed by atoms with Crippen LogP contribution in [0.2, 0.25) is 0 Å². The fraction of sp³-hybridized carbons (Fsp3) is 0.381. The third kappa shape index (κ3) is 3.27. The molecule has 3 aromatic rings. The van der Waals surface area contributed by atoms with E-state index in [-0.39, 0.29) is 6.61 Å². The van der Waals surface area contributed by atoms with Crippen molar-refractivity contribution in [3.8, 4) is 5.75 Å². The molecule has 1 saturated heterocycles.